The van der Waals surface area contributed by atoms with Gasteiger partial charge in [0.25, 0.3) is 0 Å². The molecule has 5 nitrogen and oxygen atoms in total. The van der Waals surface area contributed by atoms with Crippen LogP contribution in [-0.4, -0.2) is 28.8 Å². The van der Waals surface area contributed by atoms with Gasteiger partial charge in [-0.15, -0.1) is 10.2 Å². The highest BCUT2D eigenvalue weighted by Crippen LogP contribution is 2.33. The predicted octanol–water partition coefficient (Wildman–Crippen LogP) is 1.29. The molecule has 0 saturated carbocycles. The van der Waals surface area contributed by atoms with Crippen molar-refractivity contribution in [1.82, 2.24) is 14.6 Å². The predicted molar refractivity (Wildman–Crippen MR) is 63.5 cm³/mol. The third-order valence-electron chi connectivity index (χ3n) is 3.21. The molecule has 0 aliphatic carbocycles. The Balaban J connectivity index is 2.19. The number of pyridine rings is 1. The summed E-state index contributed by atoms with van der Waals surface area (Å²) in [7, 11) is -3.03. The molecule has 1 fully saturated rings. The van der Waals surface area contributed by atoms with Crippen molar-refractivity contribution in [1.29, 1.82) is 0 Å². The van der Waals surface area contributed by atoms with Crippen molar-refractivity contribution in [2.75, 3.05) is 5.75 Å². The summed E-state index contributed by atoms with van der Waals surface area (Å²) in [4.78, 5) is 0. The first-order valence-corrected chi connectivity index (χ1v) is 7.32. The molecule has 0 radical (unpaired) electrons. The van der Waals surface area contributed by atoms with E-state index >= 15 is 0 Å². The van der Waals surface area contributed by atoms with Gasteiger partial charge in [-0.2, -0.15) is 0 Å². The van der Waals surface area contributed by atoms with Crippen molar-refractivity contribution in [3.8, 4) is 0 Å². The Morgan fingerprint density at radius 1 is 1.41 bits per heavy atom. The molecule has 90 valence electrons. The fourth-order valence-corrected chi connectivity index (χ4v) is 4.17. The van der Waals surface area contributed by atoms with E-state index in [9.17, 15) is 8.42 Å². The smallest absolute Gasteiger partial charge is 0.161 e. The number of aryl methyl sites for hydroxylation is 1. The summed E-state index contributed by atoms with van der Waals surface area (Å²) in [5.74, 6) is 0.816. The van der Waals surface area contributed by atoms with E-state index < -0.39 is 15.1 Å². The Hall–Kier alpha value is -1.43. The lowest BCUT2D eigenvalue weighted by Crippen LogP contribution is -2.11. The first-order chi connectivity index (χ1) is 8.08. The molecule has 3 heterocycles. The molecule has 17 heavy (non-hydrogen) atoms. The molecular formula is C11H13N3O2S. The summed E-state index contributed by atoms with van der Waals surface area (Å²) >= 11 is 0. The zero-order valence-corrected chi connectivity index (χ0v) is 10.3. The Morgan fingerprint density at radius 3 is 2.94 bits per heavy atom. The highest BCUT2D eigenvalue weighted by atomic mass is 32.2. The first kappa shape index (κ1) is 10.7. The van der Waals surface area contributed by atoms with Gasteiger partial charge in [0.1, 0.15) is 5.25 Å². The summed E-state index contributed by atoms with van der Waals surface area (Å²) in [6, 6.07) is 3.83. The summed E-state index contributed by atoms with van der Waals surface area (Å²) in [5, 5.41) is 7.60. The average Bonchev–Trinajstić information content (AvgIpc) is 2.80. The lowest BCUT2D eigenvalue weighted by atomic mass is 10.2. The monoisotopic (exact) mass is 251 g/mol. The molecule has 0 bridgehead atoms. The van der Waals surface area contributed by atoms with Gasteiger partial charge in [-0.1, -0.05) is 0 Å². The number of fused-ring (bicyclic) bond motifs is 1. The lowest BCUT2D eigenvalue weighted by Gasteiger charge is -2.06. The number of hydrogen-bond acceptors (Lipinski definition) is 4. The van der Waals surface area contributed by atoms with Crippen LogP contribution in [0.4, 0.5) is 0 Å². The fourth-order valence-electron chi connectivity index (χ4n) is 2.31. The van der Waals surface area contributed by atoms with Gasteiger partial charge in [-0.25, -0.2) is 8.42 Å². The Bertz CT molecular complexity index is 675. The topological polar surface area (TPSA) is 64.3 Å². The fraction of sp³-hybridized carbons (Fsp3) is 0.455. The van der Waals surface area contributed by atoms with Crippen molar-refractivity contribution in [3.63, 3.8) is 0 Å². The lowest BCUT2D eigenvalue weighted by molar-refractivity contribution is 0.588. The summed E-state index contributed by atoms with van der Waals surface area (Å²) in [6.45, 7) is 1.97. The van der Waals surface area contributed by atoms with E-state index in [0.717, 1.165) is 5.56 Å². The molecule has 0 amide bonds. The van der Waals surface area contributed by atoms with E-state index in [-0.39, 0.29) is 5.75 Å². The minimum absolute atomic E-state index is 0.262. The summed E-state index contributed by atoms with van der Waals surface area (Å²) in [5.41, 5.74) is 1.80. The molecule has 2 aromatic heterocycles. The van der Waals surface area contributed by atoms with Crippen LogP contribution in [0.2, 0.25) is 0 Å². The number of rotatable bonds is 1. The first-order valence-electron chi connectivity index (χ1n) is 5.61. The van der Waals surface area contributed by atoms with Crippen LogP contribution in [0.15, 0.2) is 18.3 Å². The van der Waals surface area contributed by atoms with Crippen molar-refractivity contribution in [2.45, 2.75) is 25.0 Å². The van der Waals surface area contributed by atoms with Crippen LogP contribution >= 0.6 is 0 Å². The van der Waals surface area contributed by atoms with E-state index in [2.05, 4.69) is 10.2 Å². The van der Waals surface area contributed by atoms with Gasteiger partial charge < -0.3 is 0 Å². The van der Waals surface area contributed by atoms with Crippen molar-refractivity contribution in [3.05, 3.63) is 29.7 Å². The van der Waals surface area contributed by atoms with Crippen LogP contribution < -0.4 is 0 Å². The van der Waals surface area contributed by atoms with Gasteiger partial charge in [-0.05, 0) is 37.5 Å². The quantitative estimate of drug-likeness (QED) is 0.766. The van der Waals surface area contributed by atoms with Gasteiger partial charge in [0.2, 0.25) is 0 Å². The Morgan fingerprint density at radius 2 is 2.24 bits per heavy atom. The number of sulfone groups is 1. The van der Waals surface area contributed by atoms with Gasteiger partial charge >= 0.3 is 0 Å². The number of hydrogen-bond donors (Lipinski definition) is 0. The zero-order chi connectivity index (χ0) is 12.0. The zero-order valence-electron chi connectivity index (χ0n) is 9.50. The Labute approximate surface area is 99.4 Å². The summed E-state index contributed by atoms with van der Waals surface area (Å²) in [6.07, 6.45) is 3.21. The van der Waals surface area contributed by atoms with Gasteiger partial charge in [0.15, 0.2) is 21.3 Å². The third kappa shape index (κ3) is 1.63. The second-order valence-electron chi connectivity index (χ2n) is 4.49. The molecule has 1 saturated heterocycles. The molecular weight excluding hydrogens is 238 g/mol. The maximum Gasteiger partial charge on any atom is 0.161 e. The Kier molecular flexibility index (Phi) is 2.22. The molecule has 1 aliphatic rings. The van der Waals surface area contributed by atoms with Crippen LogP contribution in [0.5, 0.6) is 0 Å². The van der Waals surface area contributed by atoms with Crippen LogP contribution in [0.25, 0.3) is 5.65 Å². The second kappa shape index (κ2) is 3.53. The van der Waals surface area contributed by atoms with Crippen molar-refractivity contribution < 1.29 is 8.42 Å². The maximum absolute atomic E-state index is 11.9. The van der Waals surface area contributed by atoms with Crippen molar-refractivity contribution in [2.24, 2.45) is 0 Å². The molecule has 0 spiro atoms. The molecule has 1 aliphatic heterocycles. The number of nitrogens with zero attached hydrogens (tertiary/aromatic N) is 3. The van der Waals surface area contributed by atoms with Gasteiger partial charge in [-0.3, -0.25) is 4.40 Å². The molecule has 2 aromatic rings. The van der Waals surface area contributed by atoms with Crippen LogP contribution in [-0.2, 0) is 9.84 Å². The van der Waals surface area contributed by atoms with Gasteiger partial charge in [0, 0.05) is 6.20 Å². The molecule has 1 atom stereocenters. The van der Waals surface area contributed by atoms with Crippen LogP contribution in [0, 0.1) is 6.92 Å². The molecule has 0 aromatic carbocycles. The minimum Gasteiger partial charge on any atom is -0.285 e. The summed E-state index contributed by atoms with van der Waals surface area (Å²) < 4.78 is 25.6. The van der Waals surface area contributed by atoms with E-state index in [1.165, 1.54) is 0 Å². The van der Waals surface area contributed by atoms with E-state index in [4.69, 9.17) is 0 Å². The minimum atomic E-state index is -3.03. The van der Waals surface area contributed by atoms with E-state index in [1.54, 1.807) is 4.40 Å². The SMILES string of the molecule is Cc1ccn2c(C3CCCS3(=O)=O)nnc2c1. The number of aromatic nitrogens is 3. The second-order valence-corrected chi connectivity index (χ2v) is 6.79. The highest BCUT2D eigenvalue weighted by molar-refractivity contribution is 7.91. The highest BCUT2D eigenvalue weighted by Gasteiger charge is 2.35. The molecule has 1 unspecified atom stereocenters. The van der Waals surface area contributed by atoms with E-state index in [1.807, 2.05) is 25.3 Å². The van der Waals surface area contributed by atoms with Crippen LogP contribution in [0.3, 0.4) is 0 Å². The molecule has 3 rings (SSSR count). The average molecular weight is 251 g/mol. The molecule has 6 heteroatoms. The molecule has 0 N–H and O–H groups in total. The maximum atomic E-state index is 11.9. The van der Waals surface area contributed by atoms with Gasteiger partial charge in [0.05, 0.1) is 5.75 Å². The normalized spacial score (nSPS) is 23.2. The standard InChI is InChI=1S/C11H13N3O2S/c1-8-4-5-14-10(7-8)12-13-11(14)9-3-2-6-17(9,15)16/h4-5,7,9H,2-3,6H2,1H3. The largest absolute Gasteiger partial charge is 0.285 e. The third-order valence-corrected chi connectivity index (χ3v) is 5.38. The van der Waals surface area contributed by atoms with Crippen LogP contribution in [0.1, 0.15) is 29.5 Å². The van der Waals surface area contributed by atoms with Crippen molar-refractivity contribution >= 4 is 15.5 Å². The van der Waals surface area contributed by atoms with E-state index in [0.29, 0.717) is 24.3 Å².